The number of thioether (sulfide) groups is 1. The summed E-state index contributed by atoms with van der Waals surface area (Å²) in [6.07, 6.45) is 0.250. The Bertz CT molecular complexity index is 402. The van der Waals surface area contributed by atoms with Gasteiger partial charge < -0.3 is 19.9 Å². The van der Waals surface area contributed by atoms with Gasteiger partial charge in [0.25, 0.3) is 0 Å². The van der Waals surface area contributed by atoms with Crippen molar-refractivity contribution in [1.82, 2.24) is 5.32 Å². The first-order chi connectivity index (χ1) is 10.7. The molecule has 0 bridgehead atoms. The first-order valence-corrected chi connectivity index (χ1v) is 8.53. The molecule has 1 aromatic carbocycles. The van der Waals surface area contributed by atoms with E-state index in [1.807, 2.05) is 30.3 Å². The highest BCUT2D eigenvalue weighted by atomic mass is 32.2. The summed E-state index contributed by atoms with van der Waals surface area (Å²) in [5.41, 5.74) is 0.878. The van der Waals surface area contributed by atoms with E-state index >= 15 is 0 Å². The van der Waals surface area contributed by atoms with E-state index in [0.717, 1.165) is 12.0 Å². The number of carbonyl (C=O) groups is 1. The van der Waals surface area contributed by atoms with E-state index in [2.05, 4.69) is 5.32 Å². The van der Waals surface area contributed by atoms with Crippen LogP contribution in [-0.2, 0) is 14.3 Å². The van der Waals surface area contributed by atoms with Gasteiger partial charge in [0.2, 0.25) is 5.91 Å². The third kappa shape index (κ3) is 9.04. The summed E-state index contributed by atoms with van der Waals surface area (Å²) in [6, 6.07) is 9.47. The van der Waals surface area contributed by atoms with Crippen LogP contribution in [0.4, 0.5) is 0 Å². The van der Waals surface area contributed by atoms with Crippen LogP contribution in [0, 0.1) is 0 Å². The van der Waals surface area contributed by atoms with E-state index < -0.39 is 6.10 Å². The van der Waals surface area contributed by atoms with Crippen molar-refractivity contribution in [2.75, 3.05) is 45.0 Å². The van der Waals surface area contributed by atoms with Gasteiger partial charge in [-0.05, 0) is 12.0 Å². The zero-order chi connectivity index (χ0) is 16.0. The molecule has 2 N–H and O–H groups in total. The summed E-state index contributed by atoms with van der Waals surface area (Å²) in [7, 11) is 1.63. The maximum atomic E-state index is 11.6. The SMILES string of the molecule is COCCOCCCNC(=O)CSCC(O)c1ccccc1. The highest BCUT2D eigenvalue weighted by Crippen LogP contribution is 2.17. The van der Waals surface area contributed by atoms with Crippen LogP contribution in [0.2, 0.25) is 0 Å². The van der Waals surface area contributed by atoms with E-state index in [1.165, 1.54) is 11.8 Å². The molecule has 1 unspecified atom stereocenters. The van der Waals surface area contributed by atoms with Crippen molar-refractivity contribution in [2.24, 2.45) is 0 Å². The maximum absolute atomic E-state index is 11.6. The standard InChI is InChI=1S/C16H25NO4S/c1-20-10-11-21-9-5-8-17-16(19)13-22-12-15(18)14-6-3-2-4-7-14/h2-4,6-7,15,18H,5,8-13H2,1H3,(H,17,19). The molecular weight excluding hydrogens is 302 g/mol. The molecular formula is C16H25NO4S. The Morgan fingerprint density at radius 1 is 1.27 bits per heavy atom. The number of amides is 1. The Hall–Kier alpha value is -1.08. The van der Waals surface area contributed by atoms with Gasteiger partial charge in [-0.15, -0.1) is 11.8 Å². The van der Waals surface area contributed by atoms with Crippen molar-refractivity contribution in [1.29, 1.82) is 0 Å². The topological polar surface area (TPSA) is 67.8 Å². The number of benzene rings is 1. The largest absolute Gasteiger partial charge is 0.388 e. The molecule has 0 aromatic heterocycles. The number of hydrogen-bond acceptors (Lipinski definition) is 5. The van der Waals surface area contributed by atoms with Crippen molar-refractivity contribution < 1.29 is 19.4 Å². The summed E-state index contributed by atoms with van der Waals surface area (Å²) in [4.78, 5) is 11.6. The normalized spacial score (nSPS) is 12.1. The molecule has 1 rings (SSSR count). The molecule has 0 aliphatic heterocycles. The molecule has 0 aliphatic rings. The van der Waals surface area contributed by atoms with Crippen LogP contribution in [0.15, 0.2) is 30.3 Å². The van der Waals surface area contributed by atoms with Gasteiger partial charge in [0, 0.05) is 26.0 Å². The maximum Gasteiger partial charge on any atom is 0.229 e. The molecule has 0 saturated carbocycles. The molecule has 0 fully saturated rings. The molecule has 0 radical (unpaired) electrons. The highest BCUT2D eigenvalue weighted by Gasteiger charge is 2.08. The van der Waals surface area contributed by atoms with Gasteiger partial charge in [-0.1, -0.05) is 30.3 Å². The van der Waals surface area contributed by atoms with Crippen LogP contribution in [0.25, 0.3) is 0 Å². The minimum Gasteiger partial charge on any atom is -0.388 e. The lowest BCUT2D eigenvalue weighted by Crippen LogP contribution is -2.27. The van der Waals surface area contributed by atoms with Gasteiger partial charge in [-0.25, -0.2) is 0 Å². The van der Waals surface area contributed by atoms with E-state index in [0.29, 0.717) is 37.9 Å². The third-order valence-electron chi connectivity index (χ3n) is 2.91. The summed E-state index contributed by atoms with van der Waals surface area (Å²) in [6.45, 7) is 2.39. The number of carbonyl (C=O) groups excluding carboxylic acids is 1. The summed E-state index contributed by atoms with van der Waals surface area (Å²) < 4.78 is 10.2. The predicted octanol–water partition coefficient (Wildman–Crippen LogP) is 1.62. The van der Waals surface area contributed by atoms with Crippen LogP contribution < -0.4 is 5.32 Å². The van der Waals surface area contributed by atoms with Crippen molar-refractivity contribution in [3.63, 3.8) is 0 Å². The highest BCUT2D eigenvalue weighted by molar-refractivity contribution is 7.99. The number of hydrogen-bond donors (Lipinski definition) is 2. The molecule has 6 heteroatoms. The molecule has 0 spiro atoms. The van der Waals surface area contributed by atoms with Crippen LogP contribution in [0.5, 0.6) is 0 Å². The second-order valence-corrected chi connectivity index (χ2v) is 5.78. The van der Waals surface area contributed by atoms with Crippen molar-refractivity contribution in [2.45, 2.75) is 12.5 Å². The average Bonchev–Trinajstić information content (AvgIpc) is 2.54. The Morgan fingerprint density at radius 3 is 2.77 bits per heavy atom. The molecule has 1 aromatic rings. The minimum absolute atomic E-state index is 0.0119. The van der Waals surface area contributed by atoms with E-state index in [-0.39, 0.29) is 5.91 Å². The van der Waals surface area contributed by atoms with Crippen LogP contribution >= 0.6 is 11.8 Å². The van der Waals surface area contributed by atoms with Crippen LogP contribution in [0.3, 0.4) is 0 Å². The number of methoxy groups -OCH3 is 1. The fraction of sp³-hybridized carbons (Fsp3) is 0.562. The van der Waals surface area contributed by atoms with Crippen LogP contribution in [-0.4, -0.2) is 56.0 Å². The van der Waals surface area contributed by atoms with Gasteiger partial charge >= 0.3 is 0 Å². The number of aliphatic hydroxyl groups excluding tert-OH is 1. The molecule has 0 heterocycles. The monoisotopic (exact) mass is 327 g/mol. The molecule has 1 amide bonds. The molecule has 5 nitrogen and oxygen atoms in total. The van der Waals surface area contributed by atoms with Crippen molar-refractivity contribution in [3.05, 3.63) is 35.9 Å². The Kier molecular flexibility index (Phi) is 10.7. The van der Waals surface area contributed by atoms with E-state index in [9.17, 15) is 9.90 Å². The van der Waals surface area contributed by atoms with Crippen molar-refractivity contribution in [3.8, 4) is 0 Å². The number of ether oxygens (including phenoxy) is 2. The fourth-order valence-electron chi connectivity index (χ4n) is 1.73. The lowest BCUT2D eigenvalue weighted by Gasteiger charge is -2.10. The second kappa shape index (κ2) is 12.5. The number of nitrogens with one attached hydrogen (secondary N) is 1. The minimum atomic E-state index is -0.534. The first kappa shape index (κ1) is 19.0. The smallest absolute Gasteiger partial charge is 0.229 e. The van der Waals surface area contributed by atoms with Crippen molar-refractivity contribution >= 4 is 17.7 Å². The number of aliphatic hydroxyl groups is 1. The number of rotatable bonds is 12. The Balaban J connectivity index is 1.99. The van der Waals surface area contributed by atoms with Gasteiger partial charge in [0.05, 0.1) is 25.1 Å². The summed E-state index contributed by atoms with van der Waals surface area (Å²) in [5.74, 6) is 0.855. The fourth-order valence-corrected chi connectivity index (χ4v) is 2.55. The van der Waals surface area contributed by atoms with Crippen LogP contribution in [0.1, 0.15) is 18.1 Å². The summed E-state index contributed by atoms with van der Waals surface area (Å²) >= 11 is 1.43. The second-order valence-electron chi connectivity index (χ2n) is 4.75. The molecule has 1 atom stereocenters. The molecule has 0 aliphatic carbocycles. The Morgan fingerprint density at radius 2 is 2.05 bits per heavy atom. The lowest BCUT2D eigenvalue weighted by atomic mass is 10.1. The molecule has 0 saturated heterocycles. The lowest BCUT2D eigenvalue weighted by molar-refractivity contribution is -0.118. The van der Waals surface area contributed by atoms with Gasteiger partial charge in [0.15, 0.2) is 0 Å². The quantitative estimate of drug-likeness (QED) is 0.571. The first-order valence-electron chi connectivity index (χ1n) is 7.38. The summed E-state index contributed by atoms with van der Waals surface area (Å²) in [5, 5.41) is 12.8. The van der Waals surface area contributed by atoms with E-state index in [1.54, 1.807) is 7.11 Å². The van der Waals surface area contributed by atoms with E-state index in [4.69, 9.17) is 9.47 Å². The predicted molar refractivity (Wildman–Crippen MR) is 89.0 cm³/mol. The average molecular weight is 327 g/mol. The Labute approximate surface area is 136 Å². The molecule has 124 valence electrons. The van der Waals surface area contributed by atoms with Gasteiger partial charge in [-0.2, -0.15) is 0 Å². The zero-order valence-corrected chi connectivity index (χ0v) is 13.8. The third-order valence-corrected chi connectivity index (χ3v) is 3.93. The molecule has 22 heavy (non-hydrogen) atoms. The van der Waals surface area contributed by atoms with Gasteiger partial charge in [0.1, 0.15) is 0 Å². The van der Waals surface area contributed by atoms with Gasteiger partial charge in [-0.3, -0.25) is 4.79 Å². The zero-order valence-electron chi connectivity index (χ0n) is 13.0.